The van der Waals surface area contributed by atoms with Crippen LogP contribution in [-0.2, 0) is 0 Å². The molecule has 0 amide bonds. The molecule has 0 fully saturated rings. The lowest BCUT2D eigenvalue weighted by Crippen LogP contribution is -1.98. The van der Waals surface area contributed by atoms with Crippen LogP contribution in [0.2, 0.25) is 5.02 Å². The molecule has 0 aliphatic heterocycles. The molecule has 0 radical (unpaired) electrons. The molecule has 1 nitrogen and oxygen atoms in total. The zero-order valence-electron chi connectivity index (χ0n) is 9.83. The fourth-order valence-corrected chi connectivity index (χ4v) is 2.68. The number of benzene rings is 1. The van der Waals surface area contributed by atoms with E-state index in [2.05, 4.69) is 22.5 Å². The molecule has 1 aromatic rings. The first-order valence-corrected chi connectivity index (χ1v) is 7.06. The first kappa shape index (κ1) is 14.7. The Kier molecular flexibility index (Phi) is 6.86. The van der Waals surface area contributed by atoms with E-state index in [9.17, 15) is 5.11 Å². The molecule has 17 heavy (non-hydrogen) atoms. The van der Waals surface area contributed by atoms with E-state index >= 15 is 0 Å². The van der Waals surface area contributed by atoms with Gasteiger partial charge in [0.15, 0.2) is 0 Å². The van der Waals surface area contributed by atoms with E-state index in [0.29, 0.717) is 5.02 Å². The molecule has 1 N–H and O–H groups in total. The van der Waals surface area contributed by atoms with Crippen LogP contribution in [0.1, 0.15) is 43.8 Å². The standard InChI is InChI=1S/C14H18BrClO/c1-2-3-4-5-6-7-14(17)12-9-8-11(16)10-13(12)15/h2,8-10,14,17H,1,3-7H2. The van der Waals surface area contributed by atoms with Gasteiger partial charge in [-0.05, 0) is 37.0 Å². The van der Waals surface area contributed by atoms with Gasteiger partial charge in [0.1, 0.15) is 0 Å². The third-order valence-electron chi connectivity index (χ3n) is 2.71. The van der Waals surface area contributed by atoms with E-state index in [1.807, 2.05) is 24.3 Å². The van der Waals surface area contributed by atoms with Crippen LogP contribution < -0.4 is 0 Å². The van der Waals surface area contributed by atoms with Crippen LogP contribution in [0.4, 0.5) is 0 Å². The number of allylic oxidation sites excluding steroid dienone is 1. The van der Waals surface area contributed by atoms with E-state index in [0.717, 1.165) is 42.1 Å². The quantitative estimate of drug-likeness (QED) is 0.536. The van der Waals surface area contributed by atoms with Gasteiger partial charge in [0.25, 0.3) is 0 Å². The van der Waals surface area contributed by atoms with Crippen molar-refractivity contribution in [3.05, 3.63) is 45.9 Å². The van der Waals surface area contributed by atoms with Gasteiger partial charge in [-0.2, -0.15) is 0 Å². The molecule has 0 saturated heterocycles. The average molecular weight is 318 g/mol. The fraction of sp³-hybridized carbons (Fsp3) is 0.429. The Morgan fingerprint density at radius 1 is 1.35 bits per heavy atom. The topological polar surface area (TPSA) is 20.2 Å². The molecule has 0 aromatic heterocycles. The normalized spacial score (nSPS) is 12.4. The van der Waals surface area contributed by atoms with E-state index in [1.54, 1.807) is 0 Å². The Morgan fingerprint density at radius 2 is 2.12 bits per heavy atom. The van der Waals surface area contributed by atoms with E-state index in [-0.39, 0.29) is 0 Å². The van der Waals surface area contributed by atoms with Crippen LogP contribution in [0, 0.1) is 0 Å². The monoisotopic (exact) mass is 316 g/mol. The molecule has 0 heterocycles. The lowest BCUT2D eigenvalue weighted by molar-refractivity contribution is 0.162. The van der Waals surface area contributed by atoms with Crippen molar-refractivity contribution in [1.29, 1.82) is 0 Å². The molecule has 1 aromatic carbocycles. The zero-order chi connectivity index (χ0) is 12.7. The minimum Gasteiger partial charge on any atom is -0.388 e. The maximum atomic E-state index is 10.1. The van der Waals surface area contributed by atoms with E-state index in [1.165, 1.54) is 0 Å². The fourth-order valence-electron chi connectivity index (χ4n) is 1.73. The van der Waals surface area contributed by atoms with E-state index < -0.39 is 6.10 Å². The highest BCUT2D eigenvalue weighted by Gasteiger charge is 2.10. The first-order valence-electron chi connectivity index (χ1n) is 5.89. The number of aliphatic hydroxyl groups excluding tert-OH is 1. The van der Waals surface area contributed by atoms with Crippen molar-refractivity contribution in [2.45, 2.75) is 38.2 Å². The SMILES string of the molecule is C=CCCCCCC(O)c1ccc(Cl)cc1Br. The number of unbranched alkanes of at least 4 members (excludes halogenated alkanes) is 3. The van der Waals surface area contributed by atoms with Gasteiger partial charge in [-0.1, -0.05) is 52.5 Å². The number of rotatable bonds is 7. The summed E-state index contributed by atoms with van der Waals surface area (Å²) < 4.78 is 0.878. The summed E-state index contributed by atoms with van der Waals surface area (Å²) in [6.07, 6.45) is 6.69. The minimum atomic E-state index is -0.412. The van der Waals surface area contributed by atoms with Gasteiger partial charge < -0.3 is 5.11 Å². The summed E-state index contributed by atoms with van der Waals surface area (Å²) in [5, 5.41) is 10.7. The molecule has 1 unspecified atom stereocenters. The second-order valence-corrected chi connectivity index (χ2v) is 5.40. The number of aliphatic hydroxyl groups is 1. The predicted molar refractivity (Wildman–Crippen MR) is 77.4 cm³/mol. The van der Waals surface area contributed by atoms with Crippen LogP contribution in [0.5, 0.6) is 0 Å². The summed E-state index contributed by atoms with van der Waals surface area (Å²) >= 11 is 9.29. The third kappa shape index (κ3) is 5.24. The van der Waals surface area contributed by atoms with Gasteiger partial charge in [-0.25, -0.2) is 0 Å². The van der Waals surface area contributed by atoms with Gasteiger partial charge in [-0.15, -0.1) is 6.58 Å². The smallest absolute Gasteiger partial charge is 0.0801 e. The first-order chi connectivity index (χ1) is 8.15. The number of hydrogen-bond donors (Lipinski definition) is 1. The molecular weight excluding hydrogens is 300 g/mol. The molecule has 94 valence electrons. The van der Waals surface area contributed by atoms with Gasteiger partial charge in [0, 0.05) is 9.50 Å². The lowest BCUT2D eigenvalue weighted by Gasteiger charge is -2.12. The Bertz CT molecular complexity index is 365. The molecule has 1 rings (SSSR count). The Labute approximate surface area is 117 Å². The van der Waals surface area contributed by atoms with Crippen molar-refractivity contribution < 1.29 is 5.11 Å². The zero-order valence-corrected chi connectivity index (χ0v) is 12.2. The van der Waals surface area contributed by atoms with Crippen LogP contribution in [-0.4, -0.2) is 5.11 Å². The molecule has 3 heteroatoms. The second kappa shape index (κ2) is 7.91. The van der Waals surface area contributed by atoms with Crippen molar-refractivity contribution in [3.63, 3.8) is 0 Å². The predicted octanol–water partition coefficient (Wildman–Crippen LogP) is 5.27. The average Bonchev–Trinajstić information content (AvgIpc) is 2.28. The highest BCUT2D eigenvalue weighted by atomic mass is 79.9. The van der Waals surface area contributed by atoms with Crippen molar-refractivity contribution in [2.75, 3.05) is 0 Å². The Morgan fingerprint density at radius 3 is 2.76 bits per heavy atom. The van der Waals surface area contributed by atoms with E-state index in [4.69, 9.17) is 11.6 Å². The maximum Gasteiger partial charge on any atom is 0.0801 e. The van der Waals surface area contributed by atoms with Gasteiger partial charge >= 0.3 is 0 Å². The van der Waals surface area contributed by atoms with Crippen molar-refractivity contribution in [3.8, 4) is 0 Å². The summed E-state index contributed by atoms with van der Waals surface area (Å²) in [7, 11) is 0. The number of halogens is 2. The largest absolute Gasteiger partial charge is 0.388 e. The van der Waals surface area contributed by atoms with Crippen LogP contribution in [0.15, 0.2) is 35.3 Å². The molecule has 0 bridgehead atoms. The van der Waals surface area contributed by atoms with Crippen molar-refractivity contribution in [1.82, 2.24) is 0 Å². The Hall–Kier alpha value is -0.310. The summed E-state index contributed by atoms with van der Waals surface area (Å²) in [5.74, 6) is 0. The highest BCUT2D eigenvalue weighted by molar-refractivity contribution is 9.10. The summed E-state index contributed by atoms with van der Waals surface area (Å²) in [4.78, 5) is 0. The third-order valence-corrected chi connectivity index (χ3v) is 3.63. The summed E-state index contributed by atoms with van der Waals surface area (Å²) in [6.45, 7) is 3.69. The Balaban J connectivity index is 2.41. The summed E-state index contributed by atoms with van der Waals surface area (Å²) in [6, 6.07) is 5.50. The van der Waals surface area contributed by atoms with Gasteiger partial charge in [0.2, 0.25) is 0 Å². The van der Waals surface area contributed by atoms with Gasteiger partial charge in [0.05, 0.1) is 6.10 Å². The summed E-state index contributed by atoms with van der Waals surface area (Å²) in [5.41, 5.74) is 0.915. The van der Waals surface area contributed by atoms with Gasteiger partial charge in [-0.3, -0.25) is 0 Å². The van der Waals surface area contributed by atoms with Crippen LogP contribution in [0.3, 0.4) is 0 Å². The minimum absolute atomic E-state index is 0.412. The number of hydrogen-bond acceptors (Lipinski definition) is 1. The maximum absolute atomic E-state index is 10.1. The molecule has 0 aliphatic carbocycles. The molecule has 0 aliphatic rings. The van der Waals surface area contributed by atoms with Crippen molar-refractivity contribution >= 4 is 27.5 Å². The molecule has 0 spiro atoms. The highest BCUT2D eigenvalue weighted by Crippen LogP contribution is 2.29. The molecule has 0 saturated carbocycles. The lowest BCUT2D eigenvalue weighted by atomic mass is 10.0. The van der Waals surface area contributed by atoms with Crippen molar-refractivity contribution in [2.24, 2.45) is 0 Å². The molecular formula is C14H18BrClO. The van der Waals surface area contributed by atoms with Crippen LogP contribution >= 0.6 is 27.5 Å². The molecule has 1 atom stereocenters. The van der Waals surface area contributed by atoms with Crippen LogP contribution in [0.25, 0.3) is 0 Å². The second-order valence-electron chi connectivity index (χ2n) is 4.11.